The van der Waals surface area contributed by atoms with Crippen molar-refractivity contribution < 1.29 is 21.2 Å². The van der Waals surface area contributed by atoms with Crippen LogP contribution in [-0.4, -0.2) is 39.6 Å². The molecule has 8 heteroatoms. The average molecular weight is 412 g/mol. The molecule has 0 aliphatic carbocycles. The van der Waals surface area contributed by atoms with Crippen molar-refractivity contribution in [2.24, 2.45) is 0 Å². The van der Waals surface area contributed by atoms with Crippen LogP contribution in [-0.2, 0) is 26.2 Å². The van der Waals surface area contributed by atoms with E-state index in [1.165, 1.54) is 19.1 Å². The number of halogens is 1. The maximum absolute atomic E-state index is 13.5. The van der Waals surface area contributed by atoms with E-state index in [9.17, 15) is 21.2 Å². The summed E-state index contributed by atoms with van der Waals surface area (Å²) < 4.78 is 63.9. The number of benzene rings is 2. The van der Waals surface area contributed by atoms with Crippen molar-refractivity contribution in [2.75, 3.05) is 11.5 Å². The molecule has 0 amide bonds. The van der Waals surface area contributed by atoms with Gasteiger partial charge in [0.15, 0.2) is 19.7 Å². The van der Waals surface area contributed by atoms with E-state index in [1.807, 2.05) is 31.2 Å². The summed E-state index contributed by atoms with van der Waals surface area (Å²) in [6.45, 7) is 3.80. The van der Waals surface area contributed by atoms with Crippen LogP contribution >= 0.6 is 0 Å². The molecule has 2 atom stereocenters. The average Bonchev–Trinajstić information content (AvgIpc) is 2.91. The summed E-state index contributed by atoms with van der Waals surface area (Å²) in [5, 5.41) is 2.00. The zero-order valence-corrected chi connectivity index (χ0v) is 16.8. The largest absolute Gasteiger partial charge is 0.308 e. The van der Waals surface area contributed by atoms with Gasteiger partial charge in [-0.15, -0.1) is 0 Å². The number of sulfone groups is 2. The van der Waals surface area contributed by atoms with Crippen LogP contribution in [0, 0.1) is 19.7 Å². The van der Waals surface area contributed by atoms with Crippen molar-refractivity contribution in [1.82, 2.24) is 5.32 Å². The second kappa shape index (κ2) is 7.33. The molecule has 3 rings (SSSR count). The van der Waals surface area contributed by atoms with E-state index >= 15 is 0 Å². The first-order valence-corrected chi connectivity index (χ1v) is 11.9. The van der Waals surface area contributed by atoms with Gasteiger partial charge in [0.25, 0.3) is 0 Å². The van der Waals surface area contributed by atoms with Crippen molar-refractivity contribution in [3.63, 3.8) is 0 Å². The van der Waals surface area contributed by atoms with Crippen LogP contribution in [0.4, 0.5) is 4.39 Å². The Labute approximate surface area is 159 Å². The minimum Gasteiger partial charge on any atom is -0.308 e. The summed E-state index contributed by atoms with van der Waals surface area (Å²) in [4.78, 5) is -0.0501. The van der Waals surface area contributed by atoms with E-state index in [0.29, 0.717) is 6.54 Å². The molecule has 1 N–H and O–H groups in total. The second-order valence-electron chi connectivity index (χ2n) is 7.05. The van der Waals surface area contributed by atoms with E-state index in [1.54, 1.807) is 0 Å². The molecule has 2 aromatic rings. The van der Waals surface area contributed by atoms with Gasteiger partial charge in [-0.3, -0.25) is 0 Å². The van der Waals surface area contributed by atoms with E-state index in [4.69, 9.17) is 0 Å². The third kappa shape index (κ3) is 4.39. The molecule has 0 unspecified atom stereocenters. The predicted octanol–water partition coefficient (Wildman–Crippen LogP) is 2.17. The van der Waals surface area contributed by atoms with Gasteiger partial charge in [-0.25, -0.2) is 21.2 Å². The smallest absolute Gasteiger partial charge is 0.183 e. The maximum Gasteiger partial charge on any atom is 0.183 e. The summed E-state index contributed by atoms with van der Waals surface area (Å²) in [6, 6.07) is 10.5. The lowest BCUT2D eigenvalue weighted by atomic mass is 10.1. The Bertz CT molecular complexity index is 1060. The van der Waals surface area contributed by atoms with Crippen LogP contribution in [0.2, 0.25) is 0 Å². The second-order valence-corrected chi connectivity index (χ2v) is 11.4. The SMILES string of the molecule is Cc1cccc(CN[C@@H]2CS(=O)(=O)C[C@H]2S(=O)(=O)c2ccc(F)c(C)c2)c1. The van der Waals surface area contributed by atoms with Crippen LogP contribution < -0.4 is 5.32 Å². The number of rotatable bonds is 5. The van der Waals surface area contributed by atoms with Crippen molar-refractivity contribution in [3.05, 3.63) is 65.0 Å². The first-order chi connectivity index (χ1) is 12.6. The molecular formula is C19H22FNO4S2. The van der Waals surface area contributed by atoms with Crippen molar-refractivity contribution in [2.45, 2.75) is 36.6 Å². The number of aryl methyl sites for hydroxylation is 2. The molecule has 0 aromatic heterocycles. The fourth-order valence-electron chi connectivity index (χ4n) is 3.35. The highest BCUT2D eigenvalue weighted by molar-refractivity contribution is 7.96. The van der Waals surface area contributed by atoms with Gasteiger partial charge >= 0.3 is 0 Å². The Balaban J connectivity index is 1.87. The first-order valence-electron chi connectivity index (χ1n) is 8.58. The molecule has 1 heterocycles. The standard InChI is InChI=1S/C19H22FNO4S2/c1-13-4-3-5-15(8-13)10-21-18-11-26(22,23)12-19(18)27(24,25)16-6-7-17(20)14(2)9-16/h3-9,18-19,21H,10-12H2,1-2H3/t18-,19-/m1/s1. The molecule has 1 fully saturated rings. The van der Waals surface area contributed by atoms with Gasteiger partial charge in [0.1, 0.15) is 5.82 Å². The molecule has 1 aliphatic heterocycles. The summed E-state index contributed by atoms with van der Waals surface area (Å²) in [5.41, 5.74) is 2.23. The minimum absolute atomic E-state index is 0.0501. The van der Waals surface area contributed by atoms with E-state index in [0.717, 1.165) is 17.2 Å². The van der Waals surface area contributed by atoms with Gasteiger partial charge < -0.3 is 5.32 Å². The fourth-order valence-corrected chi connectivity index (χ4v) is 8.15. The Morgan fingerprint density at radius 1 is 1.11 bits per heavy atom. The van der Waals surface area contributed by atoms with Crippen LogP contribution in [0.3, 0.4) is 0 Å². The van der Waals surface area contributed by atoms with Gasteiger partial charge in [0.05, 0.1) is 21.7 Å². The zero-order chi connectivity index (χ0) is 19.8. The normalized spacial score (nSPS) is 22.0. The van der Waals surface area contributed by atoms with Crippen LogP contribution in [0.1, 0.15) is 16.7 Å². The molecule has 1 saturated heterocycles. The van der Waals surface area contributed by atoms with Crippen molar-refractivity contribution in [3.8, 4) is 0 Å². The number of nitrogens with one attached hydrogen (secondary N) is 1. The maximum atomic E-state index is 13.5. The third-order valence-electron chi connectivity index (χ3n) is 4.81. The first kappa shape index (κ1) is 20.0. The van der Waals surface area contributed by atoms with Gasteiger partial charge in [0, 0.05) is 12.6 Å². The van der Waals surface area contributed by atoms with Crippen LogP contribution in [0.25, 0.3) is 0 Å². The van der Waals surface area contributed by atoms with Gasteiger partial charge in [-0.1, -0.05) is 29.8 Å². The van der Waals surface area contributed by atoms with Gasteiger partial charge in [-0.2, -0.15) is 0 Å². The van der Waals surface area contributed by atoms with Gasteiger partial charge in [-0.05, 0) is 43.2 Å². The lowest BCUT2D eigenvalue weighted by Gasteiger charge is -2.20. The highest BCUT2D eigenvalue weighted by atomic mass is 32.2. The molecule has 0 radical (unpaired) electrons. The lowest BCUT2D eigenvalue weighted by Crippen LogP contribution is -2.43. The van der Waals surface area contributed by atoms with E-state index in [2.05, 4.69) is 5.32 Å². The fraction of sp³-hybridized carbons (Fsp3) is 0.368. The molecule has 0 saturated carbocycles. The Morgan fingerprint density at radius 3 is 2.52 bits per heavy atom. The number of hydrogen-bond donors (Lipinski definition) is 1. The highest BCUT2D eigenvalue weighted by Gasteiger charge is 2.45. The topological polar surface area (TPSA) is 80.3 Å². The molecule has 1 aliphatic rings. The molecular weight excluding hydrogens is 389 g/mol. The van der Waals surface area contributed by atoms with Crippen LogP contribution in [0.15, 0.2) is 47.4 Å². The van der Waals surface area contributed by atoms with Crippen LogP contribution in [0.5, 0.6) is 0 Å². The van der Waals surface area contributed by atoms with E-state index in [-0.39, 0.29) is 16.2 Å². The number of hydrogen-bond acceptors (Lipinski definition) is 5. The molecule has 5 nitrogen and oxygen atoms in total. The Hall–Kier alpha value is -1.77. The Morgan fingerprint density at radius 2 is 1.85 bits per heavy atom. The van der Waals surface area contributed by atoms with Crippen molar-refractivity contribution >= 4 is 19.7 Å². The summed E-state index contributed by atoms with van der Waals surface area (Å²) in [6.07, 6.45) is 0. The third-order valence-corrected chi connectivity index (χ3v) is 8.96. The lowest BCUT2D eigenvalue weighted by molar-refractivity contribution is 0.525. The summed E-state index contributed by atoms with van der Waals surface area (Å²) in [7, 11) is -7.40. The molecule has 27 heavy (non-hydrogen) atoms. The predicted molar refractivity (Wildman–Crippen MR) is 103 cm³/mol. The molecule has 0 spiro atoms. The van der Waals surface area contributed by atoms with Gasteiger partial charge in [0.2, 0.25) is 0 Å². The minimum atomic E-state index is -3.92. The molecule has 146 valence electrons. The highest BCUT2D eigenvalue weighted by Crippen LogP contribution is 2.27. The Kier molecular flexibility index (Phi) is 5.42. The molecule has 2 aromatic carbocycles. The molecule has 0 bridgehead atoms. The summed E-state index contributed by atoms with van der Waals surface area (Å²) >= 11 is 0. The summed E-state index contributed by atoms with van der Waals surface area (Å²) in [5.74, 6) is -1.16. The monoisotopic (exact) mass is 411 g/mol. The zero-order valence-electron chi connectivity index (χ0n) is 15.1. The van der Waals surface area contributed by atoms with E-state index < -0.39 is 42.5 Å². The quantitative estimate of drug-likeness (QED) is 0.763. The van der Waals surface area contributed by atoms with Crippen molar-refractivity contribution in [1.29, 1.82) is 0 Å².